The Hall–Kier alpha value is -3.65. The Morgan fingerprint density at radius 2 is 1.52 bits per heavy atom. The molecule has 8 heteroatoms. The highest BCUT2D eigenvalue weighted by molar-refractivity contribution is 7.92. The number of carbonyl (C=O) groups is 2. The van der Waals surface area contributed by atoms with Crippen molar-refractivity contribution in [2.75, 3.05) is 15.4 Å². The molecular formula is C23H23N3O4S. The van der Waals surface area contributed by atoms with Crippen molar-refractivity contribution in [3.63, 3.8) is 0 Å². The SMILES string of the molecule is CCC(=O)Nc1ccc(C)c(NC(=O)c2ccc(S(=O)(=O)Nc3ccccc3)cc2)c1. The molecule has 0 aliphatic rings. The number of hydrogen-bond acceptors (Lipinski definition) is 4. The van der Waals surface area contributed by atoms with Crippen LogP contribution >= 0.6 is 0 Å². The molecule has 7 nitrogen and oxygen atoms in total. The van der Waals surface area contributed by atoms with Crippen molar-refractivity contribution in [2.24, 2.45) is 0 Å². The van der Waals surface area contributed by atoms with Crippen LogP contribution in [0, 0.1) is 6.92 Å². The van der Waals surface area contributed by atoms with Crippen LogP contribution in [0.2, 0.25) is 0 Å². The topological polar surface area (TPSA) is 104 Å². The summed E-state index contributed by atoms with van der Waals surface area (Å²) in [4.78, 5) is 24.3. The van der Waals surface area contributed by atoms with E-state index in [1.54, 1.807) is 55.5 Å². The van der Waals surface area contributed by atoms with Crippen LogP contribution in [0.5, 0.6) is 0 Å². The maximum Gasteiger partial charge on any atom is 0.261 e. The molecule has 0 radical (unpaired) electrons. The number of para-hydroxylation sites is 1. The third kappa shape index (κ3) is 5.70. The fraction of sp³-hybridized carbons (Fsp3) is 0.130. The molecule has 0 saturated heterocycles. The van der Waals surface area contributed by atoms with Crippen LogP contribution < -0.4 is 15.4 Å². The Bertz CT molecular complexity index is 1190. The van der Waals surface area contributed by atoms with Gasteiger partial charge in [0.15, 0.2) is 0 Å². The molecule has 3 rings (SSSR count). The molecule has 160 valence electrons. The zero-order valence-electron chi connectivity index (χ0n) is 17.2. The first-order valence-electron chi connectivity index (χ1n) is 9.68. The molecule has 0 aliphatic carbocycles. The summed E-state index contributed by atoms with van der Waals surface area (Å²) >= 11 is 0. The Morgan fingerprint density at radius 1 is 0.839 bits per heavy atom. The molecule has 0 aromatic heterocycles. The average molecular weight is 438 g/mol. The third-order valence-corrected chi connectivity index (χ3v) is 5.94. The monoisotopic (exact) mass is 437 g/mol. The van der Waals surface area contributed by atoms with E-state index in [1.807, 2.05) is 6.92 Å². The molecule has 3 aromatic rings. The summed E-state index contributed by atoms with van der Waals surface area (Å²) in [6.07, 6.45) is 0.351. The lowest BCUT2D eigenvalue weighted by Gasteiger charge is -2.12. The predicted molar refractivity (Wildman–Crippen MR) is 122 cm³/mol. The quantitative estimate of drug-likeness (QED) is 0.510. The van der Waals surface area contributed by atoms with Crippen LogP contribution in [0.1, 0.15) is 29.3 Å². The molecule has 31 heavy (non-hydrogen) atoms. The zero-order valence-corrected chi connectivity index (χ0v) is 18.0. The van der Waals surface area contributed by atoms with Crippen molar-refractivity contribution >= 4 is 38.9 Å². The number of benzene rings is 3. The fourth-order valence-corrected chi connectivity index (χ4v) is 3.84. The van der Waals surface area contributed by atoms with E-state index >= 15 is 0 Å². The number of sulfonamides is 1. The number of carbonyl (C=O) groups excluding carboxylic acids is 2. The van der Waals surface area contributed by atoms with E-state index in [2.05, 4.69) is 15.4 Å². The van der Waals surface area contributed by atoms with Crippen LogP contribution in [0.3, 0.4) is 0 Å². The van der Waals surface area contributed by atoms with Crippen molar-refractivity contribution in [3.8, 4) is 0 Å². The van der Waals surface area contributed by atoms with Gasteiger partial charge in [0.1, 0.15) is 0 Å². The molecular weight excluding hydrogens is 414 g/mol. The smallest absolute Gasteiger partial charge is 0.261 e. The van der Waals surface area contributed by atoms with E-state index in [4.69, 9.17) is 0 Å². The molecule has 3 N–H and O–H groups in total. The van der Waals surface area contributed by atoms with Gasteiger partial charge in [-0.05, 0) is 61.0 Å². The lowest BCUT2D eigenvalue weighted by molar-refractivity contribution is -0.115. The standard InChI is InChI=1S/C23H23N3O4S/c1-3-22(27)24-19-12-9-16(2)21(15-19)25-23(28)17-10-13-20(14-11-17)31(29,30)26-18-7-5-4-6-8-18/h4-15,26H,3H2,1-2H3,(H,24,27)(H,25,28). The first-order chi connectivity index (χ1) is 14.8. The Kier molecular flexibility index (Phi) is 6.71. The van der Waals surface area contributed by atoms with E-state index < -0.39 is 10.0 Å². The van der Waals surface area contributed by atoms with Gasteiger partial charge >= 0.3 is 0 Å². The second kappa shape index (κ2) is 9.44. The highest BCUT2D eigenvalue weighted by atomic mass is 32.2. The molecule has 0 unspecified atom stereocenters. The summed E-state index contributed by atoms with van der Waals surface area (Å²) in [5.74, 6) is -0.510. The highest BCUT2D eigenvalue weighted by Crippen LogP contribution is 2.22. The molecule has 0 atom stereocenters. The van der Waals surface area contributed by atoms with Gasteiger partial charge in [0, 0.05) is 29.0 Å². The molecule has 0 fully saturated rings. The minimum Gasteiger partial charge on any atom is -0.326 e. The predicted octanol–water partition coefficient (Wildman–Crippen LogP) is 4.40. The first-order valence-corrected chi connectivity index (χ1v) is 11.2. The third-order valence-electron chi connectivity index (χ3n) is 4.54. The maximum atomic E-state index is 12.6. The van der Waals surface area contributed by atoms with Crippen LogP contribution in [0.25, 0.3) is 0 Å². The van der Waals surface area contributed by atoms with Gasteiger partial charge in [-0.25, -0.2) is 8.42 Å². The Balaban J connectivity index is 1.73. The molecule has 2 amide bonds. The lowest BCUT2D eigenvalue weighted by Crippen LogP contribution is -2.15. The normalized spacial score (nSPS) is 10.9. The highest BCUT2D eigenvalue weighted by Gasteiger charge is 2.16. The van der Waals surface area contributed by atoms with Crippen molar-refractivity contribution in [2.45, 2.75) is 25.2 Å². The Labute approximate surface area is 181 Å². The number of rotatable bonds is 7. The van der Waals surface area contributed by atoms with Gasteiger partial charge in [0.05, 0.1) is 4.90 Å². The van der Waals surface area contributed by atoms with Gasteiger partial charge in [0.25, 0.3) is 15.9 Å². The number of nitrogens with one attached hydrogen (secondary N) is 3. The molecule has 0 spiro atoms. The summed E-state index contributed by atoms with van der Waals surface area (Å²) in [5.41, 5.74) is 2.73. The summed E-state index contributed by atoms with van der Waals surface area (Å²) < 4.78 is 27.5. The van der Waals surface area contributed by atoms with Gasteiger partial charge in [-0.2, -0.15) is 0 Å². The van der Waals surface area contributed by atoms with Gasteiger partial charge in [-0.1, -0.05) is 31.2 Å². The molecule has 3 aromatic carbocycles. The molecule has 0 heterocycles. The largest absolute Gasteiger partial charge is 0.326 e. The van der Waals surface area contributed by atoms with Gasteiger partial charge in [0.2, 0.25) is 5.91 Å². The van der Waals surface area contributed by atoms with Gasteiger partial charge in [-0.3, -0.25) is 14.3 Å². The van der Waals surface area contributed by atoms with E-state index in [-0.39, 0.29) is 16.7 Å². The number of aryl methyl sites for hydroxylation is 1. The number of amides is 2. The minimum atomic E-state index is -3.76. The van der Waals surface area contributed by atoms with Crippen molar-refractivity contribution in [3.05, 3.63) is 83.9 Å². The van der Waals surface area contributed by atoms with E-state index in [0.717, 1.165) is 5.56 Å². The van der Waals surface area contributed by atoms with E-state index in [1.165, 1.54) is 24.3 Å². The van der Waals surface area contributed by atoms with Crippen molar-refractivity contribution < 1.29 is 18.0 Å². The number of hydrogen-bond donors (Lipinski definition) is 3. The number of anilines is 3. The fourth-order valence-electron chi connectivity index (χ4n) is 2.78. The minimum absolute atomic E-state index is 0.0494. The lowest BCUT2D eigenvalue weighted by atomic mass is 10.1. The van der Waals surface area contributed by atoms with Gasteiger partial charge < -0.3 is 10.6 Å². The van der Waals surface area contributed by atoms with Crippen LogP contribution in [0.4, 0.5) is 17.1 Å². The van der Waals surface area contributed by atoms with Gasteiger partial charge in [-0.15, -0.1) is 0 Å². The van der Waals surface area contributed by atoms with E-state index in [9.17, 15) is 18.0 Å². The molecule has 0 saturated carbocycles. The van der Waals surface area contributed by atoms with E-state index in [0.29, 0.717) is 29.0 Å². The van der Waals surface area contributed by atoms with Crippen LogP contribution in [0.15, 0.2) is 77.7 Å². The molecule has 0 aliphatic heterocycles. The summed E-state index contributed by atoms with van der Waals surface area (Å²) in [7, 11) is -3.76. The van der Waals surface area contributed by atoms with Crippen molar-refractivity contribution in [1.29, 1.82) is 0 Å². The second-order valence-electron chi connectivity index (χ2n) is 6.88. The Morgan fingerprint density at radius 3 is 2.16 bits per heavy atom. The second-order valence-corrected chi connectivity index (χ2v) is 8.56. The summed E-state index contributed by atoms with van der Waals surface area (Å²) in [6, 6.07) is 19.5. The zero-order chi connectivity index (χ0) is 22.4. The summed E-state index contributed by atoms with van der Waals surface area (Å²) in [6.45, 7) is 3.59. The summed E-state index contributed by atoms with van der Waals surface area (Å²) in [5, 5.41) is 5.55. The first kappa shape index (κ1) is 22.0. The average Bonchev–Trinajstić information content (AvgIpc) is 2.76. The maximum absolute atomic E-state index is 12.6. The van der Waals surface area contributed by atoms with Crippen LogP contribution in [-0.2, 0) is 14.8 Å². The van der Waals surface area contributed by atoms with Crippen LogP contribution in [-0.4, -0.2) is 20.2 Å². The molecule has 0 bridgehead atoms. The van der Waals surface area contributed by atoms with Crippen molar-refractivity contribution in [1.82, 2.24) is 0 Å².